The van der Waals surface area contributed by atoms with Gasteiger partial charge in [-0.25, -0.2) is 0 Å². The molecule has 0 fully saturated rings. The van der Waals surface area contributed by atoms with Gasteiger partial charge in [-0.15, -0.1) is 0 Å². The molecular weight excluding hydrogens is 578 g/mol. The Balaban J connectivity index is 0.000000166. The summed E-state index contributed by atoms with van der Waals surface area (Å²) >= 11 is 13.4. The van der Waals surface area contributed by atoms with E-state index in [4.69, 9.17) is 44.4 Å². The van der Waals surface area contributed by atoms with E-state index in [9.17, 15) is 0 Å². The van der Waals surface area contributed by atoms with Crippen LogP contribution in [0.4, 0.5) is 0 Å². The van der Waals surface area contributed by atoms with Crippen molar-refractivity contribution in [2.75, 3.05) is 0 Å². The molecule has 6 aromatic rings. The molecule has 185 valence electrons. The second-order valence-corrected chi connectivity index (χ2v) is 8.71. The van der Waals surface area contributed by atoms with Crippen molar-refractivity contribution < 1.29 is 38.6 Å². The van der Waals surface area contributed by atoms with Crippen molar-refractivity contribution in [2.45, 2.75) is 0 Å². The van der Waals surface area contributed by atoms with Gasteiger partial charge >= 0.3 is 21.0 Å². The number of nitrogens with zero attached hydrogens (tertiary/aromatic N) is 4. The first-order chi connectivity index (χ1) is 17.7. The Morgan fingerprint density at radius 1 is 0.595 bits per heavy atom. The van der Waals surface area contributed by atoms with Crippen LogP contribution in [0.15, 0.2) is 85.5 Å². The van der Waals surface area contributed by atoms with Gasteiger partial charge in [-0.3, -0.25) is 28.4 Å². The first kappa shape index (κ1) is 28.5. The number of pyridine rings is 4. The van der Waals surface area contributed by atoms with Crippen LogP contribution in [0, 0.1) is 0 Å². The Hall–Kier alpha value is -3.09. The van der Waals surface area contributed by atoms with E-state index >= 15 is 0 Å². The number of benzene rings is 2. The van der Waals surface area contributed by atoms with E-state index in [0.29, 0.717) is 0 Å². The molecule has 0 N–H and O–H groups in total. The van der Waals surface area contributed by atoms with Crippen LogP contribution in [0.2, 0.25) is 10.0 Å². The summed E-state index contributed by atoms with van der Waals surface area (Å²) in [4.78, 5) is 17.3. The molecular formula is C24H14Cl2N4O5SV. The predicted molar refractivity (Wildman–Crippen MR) is 135 cm³/mol. The fourth-order valence-electron chi connectivity index (χ4n) is 3.47. The van der Waals surface area contributed by atoms with E-state index in [0.717, 1.165) is 71.0 Å². The molecule has 37 heavy (non-hydrogen) atoms. The normalized spacial score (nSPS) is 10.6. The van der Waals surface area contributed by atoms with Gasteiger partial charge in [-0.2, -0.15) is 0 Å². The van der Waals surface area contributed by atoms with Gasteiger partial charge in [0.05, 0.1) is 32.1 Å². The van der Waals surface area contributed by atoms with Gasteiger partial charge in [0.25, 0.3) is 0 Å². The van der Waals surface area contributed by atoms with Crippen molar-refractivity contribution >= 4 is 77.2 Å². The van der Waals surface area contributed by atoms with E-state index in [1.54, 1.807) is 24.8 Å². The summed E-state index contributed by atoms with van der Waals surface area (Å²) in [5.74, 6) is 0. The van der Waals surface area contributed by atoms with Crippen molar-refractivity contribution in [1.82, 2.24) is 19.9 Å². The van der Waals surface area contributed by atoms with Crippen LogP contribution in [0.5, 0.6) is 0 Å². The van der Waals surface area contributed by atoms with E-state index in [1.165, 1.54) is 0 Å². The van der Waals surface area contributed by atoms with E-state index in [-0.39, 0.29) is 0 Å². The maximum atomic E-state index is 8.52. The SMILES string of the molecule is Clc1cc2cccnc2c2ncccc12.Clc1cc2cccnc2c2ncccc12.O=S(=O)([O-])[O-].[O]=[V+2]. The number of fused-ring (bicyclic) bond motifs is 6. The topological polar surface area (TPSA) is 149 Å². The minimum atomic E-state index is -5.17. The summed E-state index contributed by atoms with van der Waals surface area (Å²) in [7, 11) is -5.17. The summed E-state index contributed by atoms with van der Waals surface area (Å²) in [6.07, 6.45) is 7.05. The van der Waals surface area contributed by atoms with Gasteiger partial charge in [0.15, 0.2) is 0 Å². The zero-order valence-corrected chi connectivity index (χ0v) is 22.2. The third kappa shape index (κ3) is 7.46. The Labute approximate surface area is 230 Å². The molecule has 4 aromatic heterocycles. The van der Waals surface area contributed by atoms with Gasteiger partial charge in [-0.05, 0) is 48.5 Å². The molecule has 0 amide bonds. The summed E-state index contributed by atoms with van der Waals surface area (Å²) in [6.45, 7) is 0. The fourth-order valence-corrected chi connectivity index (χ4v) is 4.01. The molecule has 6 rings (SSSR count). The molecule has 0 saturated carbocycles. The molecule has 2 aromatic carbocycles. The number of hydrogen-bond donors (Lipinski definition) is 0. The molecule has 0 aliphatic rings. The van der Waals surface area contributed by atoms with Crippen LogP contribution in [0.1, 0.15) is 0 Å². The van der Waals surface area contributed by atoms with E-state index in [1.807, 2.05) is 60.7 Å². The molecule has 0 saturated heterocycles. The Kier molecular flexibility index (Phi) is 9.96. The van der Waals surface area contributed by atoms with Crippen molar-refractivity contribution in [2.24, 2.45) is 0 Å². The summed E-state index contributed by atoms with van der Waals surface area (Å²) in [5, 5.41) is 5.38. The number of rotatable bonds is 0. The standard InChI is InChI=1S/2C12H7ClN2.H2O4S.O.V/c2*13-10-7-8-3-1-5-14-11(8)12-9(10)4-2-6-15-12;1-5(2,3)4;;/h2*1-7H;(H2,1,2,3,4);;/q;;;;+2/p-2. The monoisotopic (exact) mass is 591 g/mol. The summed E-state index contributed by atoms with van der Waals surface area (Å²) in [6, 6.07) is 19.3. The molecule has 0 bridgehead atoms. The third-order valence-electron chi connectivity index (χ3n) is 4.82. The van der Waals surface area contributed by atoms with Crippen LogP contribution in [-0.4, -0.2) is 37.5 Å². The van der Waals surface area contributed by atoms with Crippen LogP contribution in [-0.2, 0) is 31.4 Å². The minimum absolute atomic E-state index is 0.721. The molecule has 0 aliphatic heterocycles. The van der Waals surface area contributed by atoms with Gasteiger partial charge in [0.2, 0.25) is 0 Å². The zero-order chi connectivity index (χ0) is 27.0. The molecule has 0 atom stereocenters. The quantitative estimate of drug-likeness (QED) is 0.128. The van der Waals surface area contributed by atoms with Crippen molar-refractivity contribution in [3.8, 4) is 0 Å². The van der Waals surface area contributed by atoms with E-state index in [2.05, 4.69) is 19.9 Å². The first-order valence-electron chi connectivity index (χ1n) is 10.1. The molecule has 0 unspecified atom stereocenters. The van der Waals surface area contributed by atoms with E-state index < -0.39 is 10.4 Å². The number of halogens is 2. The fraction of sp³-hybridized carbons (Fsp3) is 0. The van der Waals surface area contributed by atoms with Crippen LogP contribution in [0.25, 0.3) is 43.6 Å². The first-order valence-corrected chi connectivity index (χ1v) is 12.8. The molecule has 0 aliphatic carbocycles. The second kappa shape index (κ2) is 12.9. The van der Waals surface area contributed by atoms with Crippen LogP contribution < -0.4 is 0 Å². The second-order valence-electron chi connectivity index (χ2n) is 7.07. The van der Waals surface area contributed by atoms with Gasteiger partial charge in [-0.1, -0.05) is 35.3 Å². The molecule has 9 nitrogen and oxygen atoms in total. The molecule has 13 heteroatoms. The summed E-state index contributed by atoms with van der Waals surface area (Å²) in [5.41, 5.74) is 3.52. The molecule has 4 heterocycles. The number of hydrogen-bond acceptors (Lipinski definition) is 9. The van der Waals surface area contributed by atoms with Gasteiger partial charge in [0, 0.05) is 56.7 Å². The predicted octanol–water partition coefficient (Wildman–Crippen LogP) is 5.41. The average molecular weight is 592 g/mol. The Morgan fingerprint density at radius 2 is 0.892 bits per heavy atom. The Bertz CT molecular complexity index is 1680. The van der Waals surface area contributed by atoms with Gasteiger partial charge < -0.3 is 9.11 Å². The average Bonchev–Trinajstić information content (AvgIpc) is 2.90. The molecule has 0 radical (unpaired) electrons. The summed E-state index contributed by atoms with van der Waals surface area (Å²) < 4.78 is 42.3. The maximum absolute atomic E-state index is 8.52. The van der Waals surface area contributed by atoms with Crippen molar-refractivity contribution in [3.63, 3.8) is 0 Å². The molecule has 0 spiro atoms. The number of aromatic nitrogens is 4. The van der Waals surface area contributed by atoms with Gasteiger partial charge in [0.1, 0.15) is 0 Å². The van der Waals surface area contributed by atoms with Crippen LogP contribution >= 0.6 is 23.2 Å². The van der Waals surface area contributed by atoms with Crippen molar-refractivity contribution in [1.29, 1.82) is 0 Å². The zero-order valence-electron chi connectivity index (χ0n) is 18.5. The third-order valence-corrected chi connectivity index (χ3v) is 5.45. The van der Waals surface area contributed by atoms with Crippen LogP contribution in [0.3, 0.4) is 0 Å². The van der Waals surface area contributed by atoms with Crippen molar-refractivity contribution in [3.05, 3.63) is 95.5 Å². The Morgan fingerprint density at radius 3 is 1.24 bits per heavy atom.